The average Bonchev–Trinajstić information content (AvgIpc) is 2.52. The second-order valence-corrected chi connectivity index (χ2v) is 2.79. The number of nitrogens with one attached hydrogen (secondary N) is 1. The predicted octanol–water partition coefficient (Wildman–Crippen LogP) is 2.25. The summed E-state index contributed by atoms with van der Waals surface area (Å²) < 4.78 is 5.35. The van der Waals surface area contributed by atoms with E-state index in [2.05, 4.69) is 9.97 Å². The molecule has 0 amide bonds. The normalized spacial score (nSPS) is 13.2. The minimum Gasteiger partial charge on any atom is -0.371 e. The van der Waals surface area contributed by atoms with Crippen LogP contribution in [-0.2, 0) is 10.6 Å². The third kappa shape index (κ3) is 2.22. The van der Waals surface area contributed by atoms with Gasteiger partial charge in [0.1, 0.15) is 11.9 Å². The van der Waals surface area contributed by atoms with Gasteiger partial charge in [-0.25, -0.2) is 4.98 Å². The number of alkyl halides is 1. The molecule has 3 nitrogen and oxygen atoms in total. The summed E-state index contributed by atoms with van der Waals surface area (Å²) in [6.45, 7) is 4.61. The lowest BCUT2D eigenvalue weighted by Gasteiger charge is -2.07. The number of ether oxygens (including phenoxy) is 1. The highest BCUT2D eigenvalue weighted by molar-refractivity contribution is 6.16. The molecule has 4 heteroatoms. The highest BCUT2D eigenvalue weighted by Gasteiger charge is 2.08. The summed E-state index contributed by atoms with van der Waals surface area (Å²) in [6, 6.07) is 0. The molecule has 1 rings (SSSR count). The van der Waals surface area contributed by atoms with Crippen molar-refractivity contribution in [1.82, 2.24) is 9.97 Å². The van der Waals surface area contributed by atoms with Crippen LogP contribution >= 0.6 is 11.6 Å². The molecule has 1 aromatic heterocycles. The number of hydrogen-bond acceptors (Lipinski definition) is 2. The average molecular weight is 189 g/mol. The topological polar surface area (TPSA) is 37.9 Å². The molecule has 12 heavy (non-hydrogen) atoms. The van der Waals surface area contributed by atoms with Gasteiger partial charge in [-0.15, -0.1) is 11.6 Å². The highest BCUT2D eigenvalue weighted by Crippen LogP contribution is 2.13. The van der Waals surface area contributed by atoms with Gasteiger partial charge in [0.05, 0.1) is 5.88 Å². The van der Waals surface area contributed by atoms with Crippen LogP contribution in [0.3, 0.4) is 0 Å². The Morgan fingerprint density at radius 2 is 2.50 bits per heavy atom. The molecule has 1 unspecified atom stereocenters. The third-order valence-corrected chi connectivity index (χ3v) is 1.88. The fourth-order valence-electron chi connectivity index (χ4n) is 0.980. The first kappa shape index (κ1) is 9.55. The molecule has 0 aliphatic carbocycles. The first-order valence-electron chi connectivity index (χ1n) is 3.99. The van der Waals surface area contributed by atoms with Crippen molar-refractivity contribution in [2.24, 2.45) is 0 Å². The standard InChI is InChI=1S/C8H13ClN2O/c1-3-12-6(2)8-10-5-7(4-9)11-8/h5-6H,3-4H2,1-2H3,(H,10,11). The molecule has 1 N–H and O–H groups in total. The second-order valence-electron chi connectivity index (χ2n) is 2.52. The molecule has 0 saturated carbocycles. The van der Waals surface area contributed by atoms with Gasteiger partial charge in [0.2, 0.25) is 0 Å². The summed E-state index contributed by atoms with van der Waals surface area (Å²) in [7, 11) is 0. The van der Waals surface area contributed by atoms with Crippen LogP contribution in [0.25, 0.3) is 0 Å². The van der Waals surface area contributed by atoms with E-state index >= 15 is 0 Å². The first-order chi connectivity index (χ1) is 5.77. The number of hydrogen-bond donors (Lipinski definition) is 1. The predicted molar refractivity (Wildman–Crippen MR) is 48.2 cm³/mol. The smallest absolute Gasteiger partial charge is 0.135 e. The fourth-order valence-corrected chi connectivity index (χ4v) is 1.12. The zero-order valence-corrected chi connectivity index (χ0v) is 8.06. The van der Waals surface area contributed by atoms with Crippen molar-refractivity contribution in [1.29, 1.82) is 0 Å². The van der Waals surface area contributed by atoms with Crippen LogP contribution in [0.4, 0.5) is 0 Å². The molecule has 0 aromatic carbocycles. The van der Waals surface area contributed by atoms with Crippen LogP contribution < -0.4 is 0 Å². The van der Waals surface area contributed by atoms with Crippen LogP contribution in [0.5, 0.6) is 0 Å². The van der Waals surface area contributed by atoms with Crippen LogP contribution in [0.15, 0.2) is 6.20 Å². The first-order valence-corrected chi connectivity index (χ1v) is 4.52. The van der Waals surface area contributed by atoms with Crippen molar-refractivity contribution in [2.75, 3.05) is 6.61 Å². The lowest BCUT2D eigenvalue weighted by atomic mass is 10.4. The molecule has 0 aliphatic rings. The zero-order valence-electron chi connectivity index (χ0n) is 7.30. The summed E-state index contributed by atoms with van der Waals surface area (Å²) in [5, 5.41) is 0. The largest absolute Gasteiger partial charge is 0.371 e. The van der Waals surface area contributed by atoms with Crippen molar-refractivity contribution in [3.8, 4) is 0 Å². The Bertz CT molecular complexity index is 237. The van der Waals surface area contributed by atoms with Crippen molar-refractivity contribution >= 4 is 11.6 Å². The van der Waals surface area contributed by atoms with Crippen LogP contribution in [0.1, 0.15) is 31.5 Å². The summed E-state index contributed by atoms with van der Waals surface area (Å²) in [6.07, 6.45) is 1.75. The lowest BCUT2D eigenvalue weighted by Crippen LogP contribution is -2.01. The summed E-state index contributed by atoms with van der Waals surface area (Å²) in [4.78, 5) is 7.22. The molecule has 0 radical (unpaired) electrons. The summed E-state index contributed by atoms with van der Waals surface area (Å²) >= 11 is 5.61. The van der Waals surface area contributed by atoms with Gasteiger partial charge in [-0.05, 0) is 13.8 Å². The zero-order chi connectivity index (χ0) is 8.97. The van der Waals surface area contributed by atoms with Crippen LogP contribution in [-0.4, -0.2) is 16.6 Å². The number of H-pyrrole nitrogens is 1. The molecule has 0 spiro atoms. The van der Waals surface area contributed by atoms with Gasteiger partial charge in [-0.1, -0.05) is 0 Å². The molecule has 0 aliphatic heterocycles. The molecule has 68 valence electrons. The van der Waals surface area contributed by atoms with Gasteiger partial charge >= 0.3 is 0 Å². The van der Waals surface area contributed by atoms with Crippen molar-refractivity contribution in [3.05, 3.63) is 17.7 Å². The van der Waals surface area contributed by atoms with E-state index in [0.29, 0.717) is 12.5 Å². The SMILES string of the molecule is CCOC(C)c1ncc(CCl)[nH]1. The molecule has 1 heterocycles. The number of aromatic amines is 1. The highest BCUT2D eigenvalue weighted by atomic mass is 35.5. The molecule has 1 atom stereocenters. The molecule has 0 saturated heterocycles. The second kappa shape index (κ2) is 4.48. The number of nitrogens with zero attached hydrogens (tertiary/aromatic N) is 1. The van der Waals surface area contributed by atoms with Gasteiger partial charge in [-0.2, -0.15) is 0 Å². The molecular formula is C8H13ClN2O. The van der Waals surface area contributed by atoms with E-state index in [0.717, 1.165) is 11.5 Å². The summed E-state index contributed by atoms with van der Waals surface area (Å²) in [5.41, 5.74) is 0.929. The Labute approximate surface area is 77.1 Å². The minimum atomic E-state index is 0.0203. The monoisotopic (exact) mass is 188 g/mol. The number of imidazole rings is 1. The van der Waals surface area contributed by atoms with E-state index in [4.69, 9.17) is 16.3 Å². The number of rotatable bonds is 4. The van der Waals surface area contributed by atoms with Gasteiger partial charge < -0.3 is 9.72 Å². The molecular weight excluding hydrogens is 176 g/mol. The summed E-state index contributed by atoms with van der Waals surface area (Å²) in [5.74, 6) is 1.30. The lowest BCUT2D eigenvalue weighted by molar-refractivity contribution is 0.0706. The maximum absolute atomic E-state index is 5.61. The van der Waals surface area contributed by atoms with Crippen LogP contribution in [0.2, 0.25) is 0 Å². The maximum Gasteiger partial charge on any atom is 0.135 e. The van der Waals surface area contributed by atoms with E-state index in [9.17, 15) is 0 Å². The molecule has 0 bridgehead atoms. The van der Waals surface area contributed by atoms with Gasteiger partial charge in [0, 0.05) is 18.5 Å². The van der Waals surface area contributed by atoms with E-state index in [-0.39, 0.29) is 6.10 Å². The minimum absolute atomic E-state index is 0.0203. The fraction of sp³-hybridized carbons (Fsp3) is 0.625. The van der Waals surface area contributed by atoms with E-state index in [1.165, 1.54) is 0 Å². The number of halogens is 1. The Hall–Kier alpha value is -0.540. The molecule has 0 fully saturated rings. The van der Waals surface area contributed by atoms with E-state index in [1.54, 1.807) is 6.20 Å². The van der Waals surface area contributed by atoms with Crippen LogP contribution in [0, 0.1) is 0 Å². The quantitative estimate of drug-likeness (QED) is 0.736. The van der Waals surface area contributed by atoms with Gasteiger partial charge in [0.25, 0.3) is 0 Å². The van der Waals surface area contributed by atoms with Crippen molar-refractivity contribution < 1.29 is 4.74 Å². The maximum atomic E-state index is 5.61. The number of aromatic nitrogens is 2. The van der Waals surface area contributed by atoms with Crippen molar-refractivity contribution in [3.63, 3.8) is 0 Å². The van der Waals surface area contributed by atoms with E-state index < -0.39 is 0 Å². The van der Waals surface area contributed by atoms with Gasteiger partial charge in [-0.3, -0.25) is 0 Å². The Morgan fingerprint density at radius 3 is 3.00 bits per heavy atom. The van der Waals surface area contributed by atoms with E-state index in [1.807, 2.05) is 13.8 Å². The Morgan fingerprint density at radius 1 is 1.75 bits per heavy atom. The van der Waals surface area contributed by atoms with Gasteiger partial charge in [0.15, 0.2) is 0 Å². The Kier molecular flexibility index (Phi) is 3.56. The molecule has 1 aromatic rings. The Balaban J connectivity index is 2.61. The van der Waals surface area contributed by atoms with Crippen molar-refractivity contribution in [2.45, 2.75) is 25.8 Å². The third-order valence-electron chi connectivity index (χ3n) is 1.59.